The third kappa shape index (κ3) is 3.11. The number of nitrogens with one attached hydrogen (secondary N) is 1. The maximum Gasteiger partial charge on any atom is 0.256 e. The first-order valence-corrected chi connectivity index (χ1v) is 5.58. The van der Waals surface area contributed by atoms with Crippen LogP contribution in [0.5, 0.6) is 0 Å². The smallest absolute Gasteiger partial charge is 0.256 e. The molecule has 2 aromatic rings. The van der Waals surface area contributed by atoms with Crippen molar-refractivity contribution >= 4 is 11.7 Å². The van der Waals surface area contributed by atoms with Gasteiger partial charge >= 0.3 is 0 Å². The summed E-state index contributed by atoms with van der Waals surface area (Å²) in [5.41, 5.74) is 1.19. The number of anilines is 1. The highest BCUT2D eigenvalue weighted by Crippen LogP contribution is 2.07. The molecule has 18 heavy (non-hydrogen) atoms. The van der Waals surface area contributed by atoms with E-state index in [-0.39, 0.29) is 12.5 Å². The summed E-state index contributed by atoms with van der Waals surface area (Å²) in [5.74, 6) is 0.262. The number of hydrogen-bond donors (Lipinski definition) is 2. The minimum Gasteiger partial charge on any atom is -0.396 e. The number of rotatable bonds is 4. The Morgan fingerprint density at radius 3 is 2.83 bits per heavy atom. The fraction of sp³-hybridized carbons (Fsp3) is 0.154. The van der Waals surface area contributed by atoms with Crippen molar-refractivity contribution in [3.63, 3.8) is 0 Å². The lowest BCUT2D eigenvalue weighted by Gasteiger charge is -2.05. The zero-order valence-corrected chi connectivity index (χ0v) is 9.71. The lowest BCUT2D eigenvalue weighted by atomic mass is 10.2. The highest BCUT2D eigenvalue weighted by molar-refractivity contribution is 6.03. The number of nitrogens with zero attached hydrogens (tertiary/aromatic N) is 2. The van der Waals surface area contributed by atoms with Gasteiger partial charge in [-0.25, -0.2) is 4.98 Å². The van der Waals surface area contributed by atoms with Gasteiger partial charge in [0.25, 0.3) is 5.91 Å². The molecule has 0 fully saturated rings. The van der Waals surface area contributed by atoms with E-state index in [1.165, 1.54) is 0 Å². The summed E-state index contributed by atoms with van der Waals surface area (Å²) in [5, 5.41) is 11.5. The predicted octanol–water partition coefficient (Wildman–Crippen LogP) is 1.26. The number of amides is 1. The summed E-state index contributed by atoms with van der Waals surface area (Å²) < 4.78 is 0. The third-order valence-electron chi connectivity index (χ3n) is 2.35. The van der Waals surface area contributed by atoms with Crippen molar-refractivity contribution in [2.75, 3.05) is 11.9 Å². The molecule has 2 aromatic heterocycles. The fourth-order valence-corrected chi connectivity index (χ4v) is 1.50. The zero-order chi connectivity index (χ0) is 12.8. The molecule has 0 saturated carbocycles. The van der Waals surface area contributed by atoms with E-state index in [0.29, 0.717) is 23.5 Å². The first kappa shape index (κ1) is 12.2. The van der Waals surface area contributed by atoms with Crippen molar-refractivity contribution in [2.45, 2.75) is 6.42 Å². The highest BCUT2D eigenvalue weighted by Gasteiger charge is 2.07. The largest absolute Gasteiger partial charge is 0.396 e. The molecule has 0 aromatic carbocycles. The number of aliphatic hydroxyl groups is 1. The molecule has 2 heterocycles. The van der Waals surface area contributed by atoms with E-state index in [4.69, 9.17) is 5.11 Å². The molecule has 92 valence electrons. The molecule has 0 aliphatic rings. The van der Waals surface area contributed by atoms with Crippen molar-refractivity contribution in [1.29, 1.82) is 0 Å². The van der Waals surface area contributed by atoms with Crippen molar-refractivity contribution in [3.8, 4) is 0 Å². The molecule has 0 aliphatic heterocycles. The second-order valence-corrected chi connectivity index (χ2v) is 3.68. The van der Waals surface area contributed by atoms with Crippen LogP contribution in [-0.2, 0) is 6.42 Å². The Kier molecular flexibility index (Phi) is 3.98. The van der Waals surface area contributed by atoms with Gasteiger partial charge in [-0.1, -0.05) is 6.07 Å². The van der Waals surface area contributed by atoms with Crippen LogP contribution in [0.3, 0.4) is 0 Å². The van der Waals surface area contributed by atoms with Gasteiger partial charge in [0.15, 0.2) is 0 Å². The summed E-state index contributed by atoms with van der Waals surface area (Å²) in [4.78, 5) is 20.0. The summed E-state index contributed by atoms with van der Waals surface area (Å²) in [7, 11) is 0. The van der Waals surface area contributed by atoms with Gasteiger partial charge in [-0.05, 0) is 24.3 Å². The van der Waals surface area contributed by atoms with Gasteiger partial charge in [0.05, 0.1) is 0 Å². The molecule has 0 bridgehead atoms. The number of carbonyl (C=O) groups excluding carboxylic acids is 1. The first-order valence-electron chi connectivity index (χ1n) is 5.58. The van der Waals surface area contributed by atoms with Crippen LogP contribution in [0.1, 0.15) is 16.1 Å². The van der Waals surface area contributed by atoms with Crippen LogP contribution in [-0.4, -0.2) is 27.6 Å². The normalized spacial score (nSPS) is 10.1. The van der Waals surface area contributed by atoms with Crippen LogP contribution in [0, 0.1) is 0 Å². The van der Waals surface area contributed by atoms with Crippen LogP contribution in [0.4, 0.5) is 5.82 Å². The minimum atomic E-state index is -0.240. The summed E-state index contributed by atoms with van der Waals surface area (Å²) in [6, 6.07) is 8.58. The summed E-state index contributed by atoms with van der Waals surface area (Å²) in [6.45, 7) is 0.0122. The molecule has 0 aliphatic carbocycles. The highest BCUT2D eigenvalue weighted by atomic mass is 16.3. The summed E-state index contributed by atoms with van der Waals surface area (Å²) >= 11 is 0. The van der Waals surface area contributed by atoms with E-state index < -0.39 is 0 Å². The lowest BCUT2D eigenvalue weighted by Crippen LogP contribution is -2.13. The van der Waals surface area contributed by atoms with Gasteiger partial charge in [-0.2, -0.15) is 0 Å². The average Bonchev–Trinajstić information content (AvgIpc) is 2.40. The minimum absolute atomic E-state index is 0.0122. The van der Waals surface area contributed by atoms with Gasteiger partial charge < -0.3 is 10.4 Å². The number of pyridine rings is 2. The second kappa shape index (κ2) is 5.88. The van der Waals surface area contributed by atoms with Crippen LogP contribution in [0.2, 0.25) is 0 Å². The number of hydrogen-bond acceptors (Lipinski definition) is 4. The number of aliphatic hydroxyl groups excluding tert-OH is 1. The Labute approximate surface area is 105 Å². The lowest BCUT2D eigenvalue weighted by molar-refractivity contribution is 0.102. The molecule has 5 nitrogen and oxygen atoms in total. The number of aromatic nitrogens is 2. The topological polar surface area (TPSA) is 75.1 Å². The third-order valence-corrected chi connectivity index (χ3v) is 2.35. The van der Waals surface area contributed by atoms with Crippen LogP contribution < -0.4 is 5.32 Å². The molecule has 0 saturated heterocycles. The van der Waals surface area contributed by atoms with Crippen molar-refractivity contribution < 1.29 is 9.90 Å². The molecule has 0 spiro atoms. The molecule has 0 radical (unpaired) electrons. The maximum atomic E-state index is 11.9. The van der Waals surface area contributed by atoms with E-state index in [9.17, 15) is 4.79 Å². The fourth-order valence-electron chi connectivity index (χ4n) is 1.50. The second-order valence-electron chi connectivity index (χ2n) is 3.68. The van der Waals surface area contributed by atoms with E-state index in [1.54, 1.807) is 42.7 Å². The molecule has 2 rings (SSSR count). The van der Waals surface area contributed by atoms with E-state index in [0.717, 1.165) is 0 Å². The van der Waals surface area contributed by atoms with Crippen molar-refractivity contribution in [2.24, 2.45) is 0 Å². The van der Waals surface area contributed by atoms with E-state index in [1.807, 2.05) is 0 Å². The van der Waals surface area contributed by atoms with Crippen molar-refractivity contribution in [1.82, 2.24) is 9.97 Å². The zero-order valence-electron chi connectivity index (χ0n) is 9.71. The van der Waals surface area contributed by atoms with Gasteiger partial charge in [0.1, 0.15) is 5.82 Å². The maximum absolute atomic E-state index is 11.9. The van der Waals surface area contributed by atoms with Gasteiger partial charge in [-0.3, -0.25) is 9.78 Å². The quantitative estimate of drug-likeness (QED) is 0.847. The molecule has 1 amide bonds. The van der Waals surface area contributed by atoms with Gasteiger partial charge in [0.2, 0.25) is 0 Å². The van der Waals surface area contributed by atoms with Gasteiger partial charge in [0, 0.05) is 36.7 Å². The molecular formula is C13H13N3O2. The molecule has 5 heteroatoms. The predicted molar refractivity (Wildman–Crippen MR) is 67.2 cm³/mol. The standard InChI is InChI=1S/C13H13N3O2/c17-8-5-11-9-10(4-7-14-11)13(18)16-12-3-1-2-6-15-12/h1-4,6-7,9,17H,5,8H2,(H,15,16,18). The molecule has 2 N–H and O–H groups in total. The Morgan fingerprint density at radius 2 is 2.11 bits per heavy atom. The van der Waals surface area contributed by atoms with Crippen molar-refractivity contribution in [3.05, 3.63) is 54.0 Å². The average molecular weight is 243 g/mol. The molecule has 0 unspecified atom stereocenters. The van der Waals surface area contributed by atoms with Crippen LogP contribution in [0.15, 0.2) is 42.7 Å². The first-order chi connectivity index (χ1) is 8.79. The van der Waals surface area contributed by atoms with Crippen LogP contribution in [0.25, 0.3) is 0 Å². The molecule has 0 atom stereocenters. The van der Waals surface area contributed by atoms with E-state index in [2.05, 4.69) is 15.3 Å². The SMILES string of the molecule is O=C(Nc1ccccn1)c1ccnc(CCO)c1. The monoisotopic (exact) mass is 243 g/mol. The molecular weight excluding hydrogens is 230 g/mol. The Bertz CT molecular complexity index is 529. The Hall–Kier alpha value is -2.27. The Morgan fingerprint density at radius 1 is 1.22 bits per heavy atom. The number of carbonyl (C=O) groups is 1. The Balaban J connectivity index is 2.11. The van der Waals surface area contributed by atoms with E-state index >= 15 is 0 Å². The summed E-state index contributed by atoms with van der Waals surface area (Å²) in [6.07, 6.45) is 3.60. The van der Waals surface area contributed by atoms with Gasteiger partial charge in [-0.15, -0.1) is 0 Å². The van der Waals surface area contributed by atoms with Crippen LogP contribution >= 0.6 is 0 Å².